The molecule has 0 saturated carbocycles. The molecular formula is C79H145NO10. The van der Waals surface area contributed by atoms with Crippen LogP contribution in [-0.4, -0.2) is 100 Å². The average Bonchev–Trinajstić information content (AvgIpc) is 3.56. The van der Waals surface area contributed by atoms with Crippen LogP contribution in [0.3, 0.4) is 0 Å². The highest BCUT2D eigenvalue weighted by Gasteiger charge is 2.44. The highest BCUT2D eigenvalue weighted by Crippen LogP contribution is 2.24. The van der Waals surface area contributed by atoms with Gasteiger partial charge in [-0.3, -0.25) is 9.59 Å². The van der Waals surface area contributed by atoms with Crippen LogP contribution in [0.15, 0.2) is 60.8 Å². The second kappa shape index (κ2) is 67.8. The molecule has 1 heterocycles. The lowest BCUT2D eigenvalue weighted by Crippen LogP contribution is -2.60. The highest BCUT2D eigenvalue weighted by molar-refractivity contribution is 5.76. The van der Waals surface area contributed by atoms with Gasteiger partial charge in [0.2, 0.25) is 5.91 Å². The first kappa shape index (κ1) is 85.4. The maximum atomic E-state index is 13.0. The third-order valence-electron chi connectivity index (χ3n) is 18.1. The van der Waals surface area contributed by atoms with Crippen LogP contribution in [0, 0.1) is 0 Å². The zero-order chi connectivity index (χ0) is 65.1. The van der Waals surface area contributed by atoms with Crippen LogP contribution in [0.4, 0.5) is 0 Å². The predicted molar refractivity (Wildman–Crippen MR) is 380 cm³/mol. The van der Waals surface area contributed by atoms with Crippen LogP contribution < -0.4 is 5.32 Å². The van der Waals surface area contributed by atoms with Crippen molar-refractivity contribution in [3.8, 4) is 0 Å². The molecular weight excluding hydrogens is 1120 g/mol. The van der Waals surface area contributed by atoms with Gasteiger partial charge in [-0.05, 0) is 83.5 Å². The van der Waals surface area contributed by atoms with Gasteiger partial charge in [0, 0.05) is 12.8 Å². The first-order valence-electron chi connectivity index (χ1n) is 38.6. The Morgan fingerprint density at radius 1 is 0.422 bits per heavy atom. The minimum Gasteiger partial charge on any atom is -0.466 e. The van der Waals surface area contributed by atoms with Crippen molar-refractivity contribution in [3.63, 3.8) is 0 Å². The summed E-state index contributed by atoms with van der Waals surface area (Å²) < 4.78 is 16.7. The molecule has 0 aliphatic carbocycles. The van der Waals surface area contributed by atoms with Crippen LogP contribution in [0.1, 0.15) is 367 Å². The summed E-state index contributed by atoms with van der Waals surface area (Å²) in [5, 5.41) is 54.3. The topological polar surface area (TPSA) is 175 Å². The Morgan fingerprint density at radius 3 is 1.21 bits per heavy atom. The molecule has 1 aliphatic heterocycles. The normalized spacial score (nSPS) is 18.0. The first-order valence-corrected chi connectivity index (χ1v) is 38.6. The van der Waals surface area contributed by atoms with E-state index in [1.807, 2.05) is 6.08 Å². The van der Waals surface area contributed by atoms with Crippen molar-refractivity contribution in [1.29, 1.82) is 0 Å². The van der Waals surface area contributed by atoms with E-state index in [0.29, 0.717) is 19.4 Å². The quantitative estimate of drug-likeness (QED) is 0.0195. The van der Waals surface area contributed by atoms with E-state index in [2.05, 4.69) is 67.8 Å². The van der Waals surface area contributed by atoms with Crippen LogP contribution in [0.25, 0.3) is 0 Å². The van der Waals surface area contributed by atoms with Gasteiger partial charge in [-0.25, -0.2) is 0 Å². The van der Waals surface area contributed by atoms with Gasteiger partial charge in [0.05, 0.1) is 32.0 Å². The molecule has 1 amide bonds. The second-order valence-electron chi connectivity index (χ2n) is 26.7. The summed E-state index contributed by atoms with van der Waals surface area (Å²) >= 11 is 0. The standard InChI is InChI=1S/C79H145NO10/c1-3-5-7-9-11-13-15-16-40-44-47-51-55-59-63-67-75(84)88-68-64-60-56-52-48-45-42-39-37-35-33-31-29-27-25-23-21-19-17-18-20-22-24-26-28-30-32-34-36-38-41-43-46-50-54-58-62-66-74(83)80-71(70-89-79-78(87)77(86)76(85)73(69-81)90-79)72(82)65-61-57-53-49-14-12-10-8-6-4-2/h6,8,14,17,19,23,25,49,61,65,71-73,76-79,81-82,85-87H,3-5,7,9-13,15-16,18,20-22,24,26-48,50-60,62-64,66-70H2,1-2H3,(H,80,83)/b8-6+,19-17-,25-23-,49-14+,65-61+. The minimum atomic E-state index is -1.58. The first-order chi connectivity index (χ1) is 44.2. The maximum absolute atomic E-state index is 13.0. The van der Waals surface area contributed by atoms with E-state index in [1.165, 1.54) is 270 Å². The van der Waals surface area contributed by atoms with Crippen LogP contribution in [-0.2, 0) is 23.8 Å². The van der Waals surface area contributed by atoms with Crippen molar-refractivity contribution in [2.24, 2.45) is 0 Å². The van der Waals surface area contributed by atoms with Gasteiger partial charge in [0.25, 0.3) is 0 Å². The summed E-state index contributed by atoms with van der Waals surface area (Å²) in [6.07, 6.45) is 81.3. The van der Waals surface area contributed by atoms with Gasteiger partial charge in [-0.1, -0.05) is 331 Å². The zero-order valence-corrected chi connectivity index (χ0v) is 58.6. The third kappa shape index (κ3) is 55.8. The molecule has 0 aromatic rings. The van der Waals surface area contributed by atoms with Crippen molar-refractivity contribution in [2.75, 3.05) is 19.8 Å². The van der Waals surface area contributed by atoms with Gasteiger partial charge >= 0.3 is 5.97 Å². The van der Waals surface area contributed by atoms with E-state index in [1.54, 1.807) is 6.08 Å². The number of hydrogen-bond acceptors (Lipinski definition) is 10. The van der Waals surface area contributed by atoms with Gasteiger partial charge in [0.15, 0.2) is 6.29 Å². The fourth-order valence-electron chi connectivity index (χ4n) is 12.1. The molecule has 7 unspecified atom stereocenters. The molecule has 0 aromatic carbocycles. The monoisotopic (exact) mass is 1270 g/mol. The summed E-state index contributed by atoms with van der Waals surface area (Å²) in [6, 6.07) is -0.832. The molecule has 7 atom stereocenters. The van der Waals surface area contributed by atoms with Crippen molar-refractivity contribution in [2.45, 2.75) is 410 Å². The fourth-order valence-corrected chi connectivity index (χ4v) is 12.1. The van der Waals surface area contributed by atoms with Gasteiger partial charge in [-0.15, -0.1) is 0 Å². The molecule has 6 N–H and O–H groups in total. The largest absolute Gasteiger partial charge is 0.466 e. The minimum absolute atomic E-state index is 0.0153. The number of nitrogens with one attached hydrogen (secondary N) is 1. The van der Waals surface area contributed by atoms with Gasteiger partial charge in [0.1, 0.15) is 24.4 Å². The Labute approximate surface area is 554 Å². The number of aliphatic hydroxyl groups excluding tert-OH is 5. The number of ether oxygens (including phenoxy) is 3. The molecule has 526 valence electrons. The lowest BCUT2D eigenvalue weighted by atomic mass is 9.99. The van der Waals surface area contributed by atoms with E-state index < -0.39 is 49.5 Å². The van der Waals surface area contributed by atoms with Crippen LogP contribution in [0.5, 0.6) is 0 Å². The summed E-state index contributed by atoms with van der Waals surface area (Å²) in [6.45, 7) is 4.24. The van der Waals surface area contributed by atoms with Crippen molar-refractivity contribution < 1.29 is 49.3 Å². The maximum Gasteiger partial charge on any atom is 0.305 e. The van der Waals surface area contributed by atoms with E-state index in [0.717, 1.165) is 70.6 Å². The van der Waals surface area contributed by atoms with Crippen molar-refractivity contribution in [3.05, 3.63) is 60.8 Å². The number of carbonyl (C=O) groups is 2. The predicted octanol–water partition coefficient (Wildman–Crippen LogP) is 20.5. The molecule has 90 heavy (non-hydrogen) atoms. The lowest BCUT2D eigenvalue weighted by molar-refractivity contribution is -0.302. The smallest absolute Gasteiger partial charge is 0.305 e. The summed E-state index contributed by atoms with van der Waals surface area (Å²) in [5.74, 6) is -0.180. The Hall–Kier alpha value is -2.64. The SMILES string of the molecule is CC/C=C/CC/C=C/CC/C=C/C(O)C(COC1OC(CO)C(O)C(O)C1O)NC(=O)CCCCCCCCCCCCCCCCCCC/C=C\C/C=C\CCCCCCCCCCCCCCCOC(=O)CCCCCCCCCCCCCCCCC. The van der Waals surface area contributed by atoms with Crippen LogP contribution in [0.2, 0.25) is 0 Å². The fraction of sp³-hybridized carbons (Fsp3) is 0.848. The zero-order valence-electron chi connectivity index (χ0n) is 58.6. The molecule has 0 spiro atoms. The van der Waals surface area contributed by atoms with Gasteiger partial charge < -0.3 is 45.1 Å². The number of aliphatic hydroxyl groups is 5. The molecule has 1 fully saturated rings. The lowest BCUT2D eigenvalue weighted by Gasteiger charge is -2.40. The second-order valence-corrected chi connectivity index (χ2v) is 26.7. The number of hydrogen-bond donors (Lipinski definition) is 6. The molecule has 11 heteroatoms. The molecule has 0 aromatic heterocycles. The molecule has 1 saturated heterocycles. The van der Waals surface area contributed by atoms with E-state index in [9.17, 15) is 35.1 Å². The van der Waals surface area contributed by atoms with Crippen LogP contribution >= 0.6 is 0 Å². The number of unbranched alkanes of at least 4 members (excludes halogenated alkanes) is 46. The number of esters is 1. The number of carbonyl (C=O) groups excluding carboxylic acids is 2. The number of allylic oxidation sites excluding steroid dienone is 9. The van der Waals surface area contributed by atoms with Gasteiger partial charge in [-0.2, -0.15) is 0 Å². The molecule has 1 rings (SSSR count). The Morgan fingerprint density at radius 2 is 0.789 bits per heavy atom. The molecule has 11 nitrogen and oxygen atoms in total. The Balaban J connectivity index is 1.89. The van der Waals surface area contributed by atoms with Crippen molar-refractivity contribution >= 4 is 11.9 Å². The Kier molecular flexibility index (Phi) is 64.3. The summed E-state index contributed by atoms with van der Waals surface area (Å²) in [5.41, 5.74) is 0. The van der Waals surface area contributed by atoms with E-state index >= 15 is 0 Å². The highest BCUT2D eigenvalue weighted by atomic mass is 16.7. The molecule has 1 aliphatic rings. The molecule has 0 bridgehead atoms. The molecule has 0 radical (unpaired) electrons. The van der Waals surface area contributed by atoms with Crippen molar-refractivity contribution in [1.82, 2.24) is 5.32 Å². The average molecular weight is 1270 g/mol. The summed E-state index contributed by atoms with van der Waals surface area (Å²) in [7, 11) is 0. The Bertz CT molecular complexity index is 1680. The summed E-state index contributed by atoms with van der Waals surface area (Å²) in [4.78, 5) is 25.1. The third-order valence-corrected chi connectivity index (χ3v) is 18.1. The number of rotatable bonds is 68. The van der Waals surface area contributed by atoms with E-state index in [-0.39, 0.29) is 18.5 Å². The van der Waals surface area contributed by atoms with E-state index in [4.69, 9.17) is 14.2 Å². The number of amides is 1.